The van der Waals surface area contributed by atoms with Crippen LogP contribution in [-0.4, -0.2) is 19.7 Å². The van der Waals surface area contributed by atoms with Gasteiger partial charge in [-0.25, -0.2) is 9.67 Å². The van der Waals surface area contributed by atoms with Crippen molar-refractivity contribution in [3.8, 4) is 5.69 Å². The van der Waals surface area contributed by atoms with Gasteiger partial charge in [-0.3, -0.25) is 10.1 Å². The Morgan fingerprint density at radius 1 is 1.50 bits per heavy atom. The Balaban J connectivity index is 2.51. The lowest BCUT2D eigenvalue weighted by atomic mass is 10.2. The SMILES string of the molecule is O=[N+]([O-])c1ccc(-n2cncn2)c(CCl)c1. The number of nitrogens with zero attached hydrogens (tertiary/aromatic N) is 4. The van der Waals surface area contributed by atoms with Gasteiger partial charge in [0.05, 0.1) is 10.6 Å². The molecule has 6 nitrogen and oxygen atoms in total. The molecule has 0 saturated heterocycles. The first-order chi connectivity index (χ1) is 7.72. The van der Waals surface area contributed by atoms with E-state index in [0.29, 0.717) is 11.3 Å². The molecule has 0 unspecified atom stereocenters. The van der Waals surface area contributed by atoms with E-state index in [1.807, 2.05) is 0 Å². The van der Waals surface area contributed by atoms with Crippen molar-refractivity contribution in [3.05, 3.63) is 46.5 Å². The lowest BCUT2D eigenvalue weighted by Gasteiger charge is -2.05. The van der Waals surface area contributed by atoms with Crippen LogP contribution in [0.3, 0.4) is 0 Å². The second kappa shape index (κ2) is 4.28. The van der Waals surface area contributed by atoms with Gasteiger partial charge < -0.3 is 0 Å². The quantitative estimate of drug-likeness (QED) is 0.465. The predicted octanol–water partition coefficient (Wildman–Crippen LogP) is 1.91. The molecule has 0 saturated carbocycles. The number of alkyl halides is 1. The van der Waals surface area contributed by atoms with E-state index in [2.05, 4.69) is 10.1 Å². The van der Waals surface area contributed by atoms with Crippen molar-refractivity contribution in [2.75, 3.05) is 0 Å². The Morgan fingerprint density at radius 3 is 2.88 bits per heavy atom. The third kappa shape index (κ3) is 1.87. The van der Waals surface area contributed by atoms with Gasteiger partial charge >= 0.3 is 0 Å². The number of halogens is 1. The summed E-state index contributed by atoms with van der Waals surface area (Å²) in [6, 6.07) is 4.45. The van der Waals surface area contributed by atoms with Crippen molar-refractivity contribution in [2.45, 2.75) is 5.88 Å². The van der Waals surface area contributed by atoms with E-state index in [-0.39, 0.29) is 11.6 Å². The van der Waals surface area contributed by atoms with Gasteiger partial charge in [-0.05, 0) is 11.6 Å². The van der Waals surface area contributed by atoms with Crippen LogP contribution in [0.25, 0.3) is 5.69 Å². The average Bonchev–Trinajstić information content (AvgIpc) is 2.81. The van der Waals surface area contributed by atoms with Crippen LogP contribution in [0.1, 0.15) is 5.56 Å². The highest BCUT2D eigenvalue weighted by Gasteiger charge is 2.11. The largest absolute Gasteiger partial charge is 0.269 e. The summed E-state index contributed by atoms with van der Waals surface area (Å²) in [6.45, 7) is 0. The highest BCUT2D eigenvalue weighted by molar-refractivity contribution is 6.17. The number of rotatable bonds is 3. The minimum atomic E-state index is -0.457. The smallest absolute Gasteiger partial charge is 0.258 e. The first-order valence-electron chi connectivity index (χ1n) is 4.40. The highest BCUT2D eigenvalue weighted by atomic mass is 35.5. The predicted molar refractivity (Wildman–Crippen MR) is 57.6 cm³/mol. The normalized spacial score (nSPS) is 10.3. The van der Waals surface area contributed by atoms with E-state index in [1.54, 1.807) is 6.07 Å². The number of non-ortho nitro benzene ring substituents is 1. The maximum atomic E-state index is 10.6. The molecule has 16 heavy (non-hydrogen) atoms. The Kier molecular flexibility index (Phi) is 2.82. The fourth-order valence-electron chi connectivity index (χ4n) is 1.35. The standard InChI is InChI=1S/C9H7ClN4O2/c10-4-7-3-8(14(15)16)1-2-9(7)13-6-11-5-12-13/h1-3,5-6H,4H2. The molecular weight excluding hydrogens is 232 g/mol. The number of nitro benzene ring substituents is 1. The first kappa shape index (κ1) is 10.6. The first-order valence-corrected chi connectivity index (χ1v) is 4.94. The second-order valence-electron chi connectivity index (χ2n) is 3.04. The van der Waals surface area contributed by atoms with Gasteiger partial charge in [0.15, 0.2) is 0 Å². The Bertz CT molecular complexity index is 512. The fourth-order valence-corrected chi connectivity index (χ4v) is 1.56. The summed E-state index contributed by atoms with van der Waals surface area (Å²) in [4.78, 5) is 13.9. The molecule has 2 aromatic rings. The van der Waals surface area contributed by atoms with Gasteiger partial charge in [0.1, 0.15) is 12.7 Å². The molecule has 82 valence electrons. The van der Waals surface area contributed by atoms with Crippen LogP contribution in [-0.2, 0) is 5.88 Å². The van der Waals surface area contributed by atoms with E-state index in [4.69, 9.17) is 11.6 Å². The van der Waals surface area contributed by atoms with Gasteiger partial charge in [0.25, 0.3) is 5.69 Å². The van der Waals surface area contributed by atoms with E-state index >= 15 is 0 Å². The third-order valence-electron chi connectivity index (χ3n) is 2.08. The summed E-state index contributed by atoms with van der Waals surface area (Å²) in [7, 11) is 0. The van der Waals surface area contributed by atoms with E-state index in [9.17, 15) is 10.1 Å². The molecule has 1 aromatic heterocycles. The highest BCUT2D eigenvalue weighted by Crippen LogP contribution is 2.21. The van der Waals surface area contributed by atoms with Gasteiger partial charge in [0, 0.05) is 18.0 Å². The zero-order chi connectivity index (χ0) is 11.5. The number of aromatic nitrogens is 3. The molecule has 0 N–H and O–H groups in total. The molecule has 2 rings (SSSR count). The fraction of sp³-hybridized carbons (Fsp3) is 0.111. The van der Waals surface area contributed by atoms with E-state index in [1.165, 1.54) is 29.5 Å². The minimum absolute atomic E-state index is 0.0134. The number of benzene rings is 1. The van der Waals surface area contributed by atoms with Crippen molar-refractivity contribution in [1.82, 2.24) is 14.8 Å². The number of nitro groups is 1. The second-order valence-corrected chi connectivity index (χ2v) is 3.31. The molecule has 0 aliphatic carbocycles. The van der Waals surface area contributed by atoms with Crippen molar-refractivity contribution in [2.24, 2.45) is 0 Å². The van der Waals surface area contributed by atoms with Gasteiger partial charge in [0.2, 0.25) is 0 Å². The Morgan fingerprint density at radius 2 is 2.31 bits per heavy atom. The average molecular weight is 239 g/mol. The summed E-state index contributed by atoms with van der Waals surface area (Å²) in [5.74, 6) is 0.177. The molecular formula is C9H7ClN4O2. The maximum absolute atomic E-state index is 10.6. The summed E-state index contributed by atoms with van der Waals surface area (Å²) in [6.07, 6.45) is 2.90. The van der Waals surface area contributed by atoms with Crippen molar-refractivity contribution < 1.29 is 4.92 Å². The van der Waals surface area contributed by atoms with Crippen LogP contribution < -0.4 is 0 Å². The van der Waals surface area contributed by atoms with E-state index in [0.717, 1.165) is 0 Å². The van der Waals surface area contributed by atoms with Crippen LogP contribution in [0, 0.1) is 10.1 Å². The zero-order valence-electron chi connectivity index (χ0n) is 8.08. The molecule has 0 amide bonds. The molecule has 0 fully saturated rings. The van der Waals surface area contributed by atoms with E-state index < -0.39 is 4.92 Å². The van der Waals surface area contributed by atoms with Crippen LogP contribution in [0.4, 0.5) is 5.69 Å². The third-order valence-corrected chi connectivity index (χ3v) is 2.37. The summed E-state index contributed by atoms with van der Waals surface area (Å²) in [5, 5.41) is 14.5. The molecule has 7 heteroatoms. The lowest BCUT2D eigenvalue weighted by molar-refractivity contribution is -0.384. The molecule has 0 bridgehead atoms. The van der Waals surface area contributed by atoms with Crippen molar-refractivity contribution in [1.29, 1.82) is 0 Å². The molecule has 1 aromatic carbocycles. The van der Waals surface area contributed by atoms with Crippen molar-refractivity contribution in [3.63, 3.8) is 0 Å². The maximum Gasteiger partial charge on any atom is 0.269 e. The minimum Gasteiger partial charge on any atom is -0.258 e. The molecule has 0 aliphatic heterocycles. The van der Waals surface area contributed by atoms with Crippen LogP contribution in [0.5, 0.6) is 0 Å². The molecule has 1 heterocycles. The monoisotopic (exact) mass is 238 g/mol. The topological polar surface area (TPSA) is 73.8 Å². The molecule has 0 atom stereocenters. The van der Waals surface area contributed by atoms with Crippen LogP contribution in [0.15, 0.2) is 30.9 Å². The number of hydrogen-bond acceptors (Lipinski definition) is 4. The van der Waals surface area contributed by atoms with Crippen LogP contribution >= 0.6 is 11.6 Å². The number of hydrogen-bond donors (Lipinski definition) is 0. The van der Waals surface area contributed by atoms with Gasteiger partial charge in [-0.2, -0.15) is 5.10 Å². The zero-order valence-corrected chi connectivity index (χ0v) is 8.83. The van der Waals surface area contributed by atoms with Crippen LogP contribution in [0.2, 0.25) is 0 Å². The van der Waals surface area contributed by atoms with Gasteiger partial charge in [-0.15, -0.1) is 11.6 Å². The lowest BCUT2D eigenvalue weighted by Crippen LogP contribution is -2.00. The molecule has 0 aliphatic rings. The Labute approximate surface area is 95.6 Å². The molecule has 0 spiro atoms. The summed E-state index contributed by atoms with van der Waals surface area (Å²) < 4.78 is 1.52. The van der Waals surface area contributed by atoms with Gasteiger partial charge in [-0.1, -0.05) is 0 Å². The molecule has 0 radical (unpaired) electrons. The Hall–Kier alpha value is -1.95. The summed E-state index contributed by atoms with van der Waals surface area (Å²) >= 11 is 5.74. The summed E-state index contributed by atoms with van der Waals surface area (Å²) in [5.41, 5.74) is 1.35. The van der Waals surface area contributed by atoms with Crippen molar-refractivity contribution >= 4 is 17.3 Å².